The molecule has 4 heteroatoms. The molecular weight excluding hydrogens is 216 g/mol. The molecule has 0 aromatic heterocycles. The van der Waals surface area contributed by atoms with Crippen molar-refractivity contribution in [1.82, 2.24) is 5.32 Å². The number of hydrogen-bond donors (Lipinski definition) is 2. The lowest BCUT2D eigenvalue weighted by atomic mass is 10.0. The van der Waals surface area contributed by atoms with Gasteiger partial charge in [0.25, 0.3) is 0 Å². The van der Waals surface area contributed by atoms with Crippen LogP contribution in [0.3, 0.4) is 0 Å². The summed E-state index contributed by atoms with van der Waals surface area (Å²) in [5.74, 6) is 0.798. The maximum Gasteiger partial charge on any atom is 0.229 e. The van der Waals surface area contributed by atoms with E-state index in [9.17, 15) is 4.79 Å². The minimum absolute atomic E-state index is 0.0416. The summed E-state index contributed by atoms with van der Waals surface area (Å²) in [5, 5.41) is 6.20. The summed E-state index contributed by atoms with van der Waals surface area (Å²) in [7, 11) is 1.60. The molecule has 0 saturated carbocycles. The summed E-state index contributed by atoms with van der Waals surface area (Å²) < 4.78 is 5.21. The van der Waals surface area contributed by atoms with Gasteiger partial charge in [-0.05, 0) is 32.0 Å². The van der Waals surface area contributed by atoms with Crippen LogP contribution in [0.1, 0.15) is 13.3 Å². The summed E-state index contributed by atoms with van der Waals surface area (Å²) in [6, 6.07) is 7.70. The molecule has 1 aliphatic rings. The highest BCUT2D eigenvalue weighted by Gasteiger charge is 2.29. The lowest BCUT2D eigenvalue weighted by Gasteiger charge is -2.16. The first-order chi connectivity index (χ1) is 8.22. The maximum atomic E-state index is 12.1. The third kappa shape index (κ3) is 2.58. The Morgan fingerprint density at radius 1 is 1.47 bits per heavy atom. The molecule has 1 amide bonds. The van der Waals surface area contributed by atoms with E-state index in [2.05, 4.69) is 10.6 Å². The fraction of sp³-hybridized carbons (Fsp3) is 0.462. The Balaban J connectivity index is 2.07. The molecule has 92 valence electrons. The summed E-state index contributed by atoms with van der Waals surface area (Å²) in [6.07, 6.45) is 0.891. The van der Waals surface area contributed by atoms with Crippen molar-refractivity contribution >= 4 is 11.6 Å². The van der Waals surface area contributed by atoms with E-state index in [-0.39, 0.29) is 17.9 Å². The van der Waals surface area contributed by atoms with E-state index in [1.165, 1.54) is 0 Å². The second kappa shape index (κ2) is 5.19. The van der Waals surface area contributed by atoms with E-state index >= 15 is 0 Å². The molecule has 17 heavy (non-hydrogen) atoms. The van der Waals surface area contributed by atoms with Gasteiger partial charge in [0.2, 0.25) is 5.91 Å². The average molecular weight is 234 g/mol. The van der Waals surface area contributed by atoms with Crippen molar-refractivity contribution < 1.29 is 9.53 Å². The number of para-hydroxylation sites is 2. The molecule has 2 atom stereocenters. The van der Waals surface area contributed by atoms with E-state index < -0.39 is 0 Å². The molecule has 2 rings (SSSR count). The van der Waals surface area contributed by atoms with Crippen molar-refractivity contribution in [2.75, 3.05) is 19.0 Å². The highest BCUT2D eigenvalue weighted by atomic mass is 16.5. The van der Waals surface area contributed by atoms with E-state index in [0.717, 1.165) is 18.7 Å². The van der Waals surface area contributed by atoms with Crippen LogP contribution in [0.25, 0.3) is 0 Å². The largest absolute Gasteiger partial charge is 0.495 e. The quantitative estimate of drug-likeness (QED) is 0.835. The summed E-state index contributed by atoms with van der Waals surface area (Å²) in [5.41, 5.74) is 0.735. The van der Waals surface area contributed by atoms with E-state index in [1.807, 2.05) is 31.2 Å². The van der Waals surface area contributed by atoms with Gasteiger partial charge in [-0.1, -0.05) is 12.1 Å². The molecule has 1 saturated heterocycles. The topological polar surface area (TPSA) is 50.4 Å². The molecule has 0 spiro atoms. The Morgan fingerprint density at radius 2 is 2.24 bits per heavy atom. The third-order valence-electron chi connectivity index (χ3n) is 3.23. The predicted molar refractivity (Wildman–Crippen MR) is 67.2 cm³/mol. The molecule has 0 aliphatic carbocycles. The van der Waals surface area contributed by atoms with Crippen molar-refractivity contribution in [2.45, 2.75) is 19.4 Å². The number of carbonyl (C=O) groups is 1. The van der Waals surface area contributed by atoms with E-state index in [1.54, 1.807) is 7.11 Å². The summed E-state index contributed by atoms with van der Waals surface area (Å²) in [4.78, 5) is 12.1. The Hall–Kier alpha value is -1.55. The lowest BCUT2D eigenvalue weighted by molar-refractivity contribution is -0.120. The van der Waals surface area contributed by atoms with Crippen LogP contribution in [0.2, 0.25) is 0 Å². The van der Waals surface area contributed by atoms with Gasteiger partial charge in [-0.2, -0.15) is 0 Å². The smallest absolute Gasteiger partial charge is 0.229 e. The molecular formula is C13H18N2O2. The van der Waals surface area contributed by atoms with Crippen molar-refractivity contribution in [3.05, 3.63) is 24.3 Å². The number of carbonyl (C=O) groups excluding carboxylic acids is 1. The van der Waals surface area contributed by atoms with Crippen molar-refractivity contribution in [2.24, 2.45) is 5.92 Å². The van der Waals surface area contributed by atoms with Gasteiger partial charge in [0.1, 0.15) is 5.75 Å². The van der Waals surface area contributed by atoms with Gasteiger partial charge in [0.05, 0.1) is 18.7 Å². The van der Waals surface area contributed by atoms with Crippen LogP contribution in [0.5, 0.6) is 5.75 Å². The third-order valence-corrected chi connectivity index (χ3v) is 3.23. The molecule has 1 fully saturated rings. The van der Waals surface area contributed by atoms with Gasteiger partial charge in [-0.25, -0.2) is 0 Å². The van der Waals surface area contributed by atoms with Gasteiger partial charge in [0.15, 0.2) is 0 Å². The Morgan fingerprint density at radius 3 is 2.88 bits per heavy atom. The minimum Gasteiger partial charge on any atom is -0.495 e. The number of methoxy groups -OCH3 is 1. The first-order valence-corrected chi connectivity index (χ1v) is 5.89. The molecule has 2 unspecified atom stereocenters. The Labute approximate surface area is 101 Å². The second-order valence-electron chi connectivity index (χ2n) is 4.33. The Bertz CT molecular complexity index is 406. The molecule has 1 heterocycles. The number of benzene rings is 1. The summed E-state index contributed by atoms with van der Waals surface area (Å²) >= 11 is 0. The number of amides is 1. The van der Waals surface area contributed by atoms with E-state index in [4.69, 9.17) is 4.74 Å². The normalized spacial score (nSPS) is 23.4. The van der Waals surface area contributed by atoms with Gasteiger partial charge in [-0.15, -0.1) is 0 Å². The predicted octanol–water partition coefficient (Wildman–Crippen LogP) is 1.63. The number of hydrogen-bond acceptors (Lipinski definition) is 3. The first-order valence-electron chi connectivity index (χ1n) is 5.89. The molecule has 2 N–H and O–H groups in total. The number of rotatable bonds is 3. The molecule has 1 aromatic rings. The van der Waals surface area contributed by atoms with Crippen LogP contribution >= 0.6 is 0 Å². The standard InChI is InChI=1S/C13H18N2O2/c1-9-10(7-8-14-9)13(16)15-11-5-3-4-6-12(11)17-2/h3-6,9-10,14H,7-8H2,1-2H3,(H,15,16). The van der Waals surface area contributed by atoms with Crippen LogP contribution in [-0.4, -0.2) is 25.6 Å². The first kappa shape index (κ1) is 11.9. The zero-order valence-electron chi connectivity index (χ0n) is 10.2. The number of anilines is 1. The van der Waals surface area contributed by atoms with Crippen molar-refractivity contribution in [1.29, 1.82) is 0 Å². The van der Waals surface area contributed by atoms with Gasteiger partial charge in [0, 0.05) is 6.04 Å². The molecule has 4 nitrogen and oxygen atoms in total. The van der Waals surface area contributed by atoms with Crippen molar-refractivity contribution in [3.8, 4) is 5.75 Å². The molecule has 1 aromatic carbocycles. The summed E-state index contributed by atoms with van der Waals surface area (Å²) in [6.45, 7) is 2.95. The van der Waals surface area contributed by atoms with Gasteiger partial charge >= 0.3 is 0 Å². The minimum atomic E-state index is 0.0416. The van der Waals surface area contributed by atoms with E-state index in [0.29, 0.717) is 5.75 Å². The number of nitrogens with one attached hydrogen (secondary N) is 2. The Kier molecular flexibility index (Phi) is 3.64. The molecule has 1 aliphatic heterocycles. The maximum absolute atomic E-state index is 12.1. The monoisotopic (exact) mass is 234 g/mol. The SMILES string of the molecule is COc1ccccc1NC(=O)C1CCNC1C. The zero-order chi connectivity index (χ0) is 12.3. The average Bonchev–Trinajstić information content (AvgIpc) is 2.76. The van der Waals surface area contributed by atoms with Crippen LogP contribution < -0.4 is 15.4 Å². The zero-order valence-corrected chi connectivity index (χ0v) is 10.2. The van der Waals surface area contributed by atoms with Crippen LogP contribution in [0, 0.1) is 5.92 Å². The van der Waals surface area contributed by atoms with Gasteiger partial charge < -0.3 is 15.4 Å². The number of ether oxygens (including phenoxy) is 1. The lowest BCUT2D eigenvalue weighted by Crippen LogP contribution is -2.32. The molecule has 0 radical (unpaired) electrons. The second-order valence-corrected chi connectivity index (χ2v) is 4.33. The van der Waals surface area contributed by atoms with Gasteiger partial charge in [-0.3, -0.25) is 4.79 Å². The fourth-order valence-electron chi connectivity index (χ4n) is 2.19. The molecule has 0 bridgehead atoms. The van der Waals surface area contributed by atoms with Crippen LogP contribution in [0.4, 0.5) is 5.69 Å². The fourth-order valence-corrected chi connectivity index (χ4v) is 2.19. The highest BCUT2D eigenvalue weighted by molar-refractivity contribution is 5.94. The van der Waals surface area contributed by atoms with Crippen LogP contribution in [-0.2, 0) is 4.79 Å². The highest BCUT2D eigenvalue weighted by Crippen LogP contribution is 2.25. The van der Waals surface area contributed by atoms with Crippen LogP contribution in [0.15, 0.2) is 24.3 Å². The van der Waals surface area contributed by atoms with Crippen molar-refractivity contribution in [3.63, 3.8) is 0 Å².